The number of anilines is 1. The molecule has 0 aliphatic carbocycles. The number of fused-ring (bicyclic) bond motifs is 3. The van der Waals surface area contributed by atoms with E-state index in [2.05, 4.69) is 15.0 Å². The van der Waals surface area contributed by atoms with Crippen molar-refractivity contribution in [2.75, 3.05) is 24.5 Å². The fourth-order valence-electron chi connectivity index (χ4n) is 2.59. The van der Waals surface area contributed by atoms with Crippen molar-refractivity contribution in [3.05, 3.63) is 17.9 Å². The third-order valence-corrected chi connectivity index (χ3v) is 5.63. The zero-order chi connectivity index (χ0) is 20.3. The van der Waals surface area contributed by atoms with Gasteiger partial charge >= 0.3 is 6.09 Å². The number of nitrogens with zero attached hydrogens (tertiary/aromatic N) is 3. The molecular formula is C14H13FN4O6S2. The Morgan fingerprint density at radius 1 is 1.15 bits per heavy atom. The van der Waals surface area contributed by atoms with Crippen molar-refractivity contribution < 1.29 is 31.1 Å². The highest BCUT2D eigenvalue weighted by Crippen LogP contribution is 2.35. The maximum Gasteiger partial charge on any atom is 0.411 e. The molecule has 2 aromatic heterocycles. The highest BCUT2D eigenvalue weighted by Gasteiger charge is 2.26. The summed E-state index contributed by atoms with van der Waals surface area (Å²) < 4.78 is 62.1. The molecule has 0 aliphatic rings. The minimum Gasteiger partial charge on any atom is -0.465 e. The first-order valence-electron chi connectivity index (χ1n) is 7.20. The second kappa shape index (κ2) is 5.85. The van der Waals surface area contributed by atoms with Crippen LogP contribution in [0.15, 0.2) is 22.3 Å². The van der Waals surface area contributed by atoms with Crippen molar-refractivity contribution in [2.24, 2.45) is 0 Å². The van der Waals surface area contributed by atoms with Gasteiger partial charge in [-0.1, -0.05) is 0 Å². The first kappa shape index (κ1) is 19.0. The predicted molar refractivity (Wildman–Crippen MR) is 94.0 cm³/mol. The van der Waals surface area contributed by atoms with Gasteiger partial charge in [0.25, 0.3) is 0 Å². The molecule has 1 aromatic carbocycles. The molecular weight excluding hydrogens is 403 g/mol. The lowest BCUT2D eigenvalue weighted by Crippen LogP contribution is -2.24. The van der Waals surface area contributed by atoms with E-state index in [4.69, 9.17) is 0 Å². The van der Waals surface area contributed by atoms with Crippen molar-refractivity contribution in [2.45, 2.75) is 10.2 Å². The summed E-state index contributed by atoms with van der Waals surface area (Å²) in [6, 6.07) is 1.93. The van der Waals surface area contributed by atoms with Crippen LogP contribution in [0.1, 0.15) is 0 Å². The highest BCUT2D eigenvalue weighted by atomic mass is 32.2. The SMILES string of the molecule is CN(C(=O)O)c1cc(F)cc2c1[nH]c1nc(S(C)(=O)=O)nc(S(C)(=O)=O)c12. The standard InChI is InChI=1S/C14H13FN4O6S2/c1-19(14(20)21)8-5-6(15)4-7-9-11(16-10(7)8)17-13(27(3,24)25)18-12(9)26(2,22)23/h4-5H,1-3H3,(H,20,21)(H,16,17,18). The zero-order valence-electron chi connectivity index (χ0n) is 14.2. The monoisotopic (exact) mass is 416 g/mol. The molecule has 0 spiro atoms. The maximum atomic E-state index is 14.1. The van der Waals surface area contributed by atoms with E-state index < -0.39 is 41.8 Å². The molecule has 27 heavy (non-hydrogen) atoms. The molecule has 0 radical (unpaired) electrons. The molecule has 1 amide bonds. The Morgan fingerprint density at radius 2 is 1.78 bits per heavy atom. The number of H-pyrrole nitrogens is 1. The van der Waals surface area contributed by atoms with Gasteiger partial charge in [-0.05, 0) is 12.1 Å². The van der Waals surface area contributed by atoms with Crippen LogP contribution in [0.25, 0.3) is 21.9 Å². The van der Waals surface area contributed by atoms with Gasteiger partial charge in [0.2, 0.25) is 15.0 Å². The lowest BCUT2D eigenvalue weighted by atomic mass is 10.1. The average Bonchev–Trinajstić information content (AvgIpc) is 2.89. The normalized spacial score (nSPS) is 12.6. The minimum absolute atomic E-state index is 0.00794. The second-order valence-corrected chi connectivity index (χ2v) is 9.73. The molecule has 0 saturated heterocycles. The first-order chi connectivity index (χ1) is 12.3. The summed E-state index contributed by atoms with van der Waals surface area (Å²) >= 11 is 0. The fraction of sp³-hybridized carbons (Fsp3) is 0.214. The number of carbonyl (C=O) groups is 1. The van der Waals surface area contributed by atoms with Gasteiger partial charge in [-0.3, -0.25) is 4.90 Å². The Labute approximate surface area is 152 Å². The average molecular weight is 416 g/mol. The molecule has 2 heterocycles. The Morgan fingerprint density at radius 3 is 2.30 bits per heavy atom. The summed E-state index contributed by atoms with van der Waals surface area (Å²) in [6.45, 7) is 0. The van der Waals surface area contributed by atoms with Gasteiger partial charge in [-0.2, -0.15) is 0 Å². The molecule has 0 unspecified atom stereocenters. The summed E-state index contributed by atoms with van der Waals surface area (Å²) in [5, 5.41) is 7.73. The molecule has 2 N–H and O–H groups in total. The van der Waals surface area contributed by atoms with Crippen molar-refractivity contribution in [3.63, 3.8) is 0 Å². The Hall–Kier alpha value is -2.80. The summed E-state index contributed by atoms with van der Waals surface area (Å²) in [5.41, 5.74) is -0.205. The van der Waals surface area contributed by atoms with E-state index >= 15 is 0 Å². The van der Waals surface area contributed by atoms with E-state index in [1.165, 1.54) is 7.05 Å². The molecule has 3 aromatic rings. The topological polar surface area (TPSA) is 150 Å². The van der Waals surface area contributed by atoms with Crippen LogP contribution in [0.4, 0.5) is 14.9 Å². The van der Waals surface area contributed by atoms with Crippen LogP contribution in [-0.2, 0) is 19.7 Å². The highest BCUT2D eigenvalue weighted by molar-refractivity contribution is 7.91. The van der Waals surface area contributed by atoms with E-state index in [9.17, 15) is 31.1 Å². The number of aromatic nitrogens is 3. The number of hydrogen-bond donors (Lipinski definition) is 2. The Balaban J connectivity index is 2.59. The van der Waals surface area contributed by atoms with Gasteiger partial charge in [-0.15, -0.1) is 0 Å². The van der Waals surface area contributed by atoms with E-state index in [-0.39, 0.29) is 27.6 Å². The molecule has 0 aliphatic heterocycles. The zero-order valence-corrected chi connectivity index (χ0v) is 15.8. The lowest BCUT2D eigenvalue weighted by Gasteiger charge is -2.14. The number of carboxylic acid groups (broad SMARTS) is 1. The van der Waals surface area contributed by atoms with Crippen LogP contribution < -0.4 is 4.90 Å². The number of sulfone groups is 2. The van der Waals surface area contributed by atoms with Gasteiger partial charge in [-0.25, -0.2) is 36.0 Å². The quantitative estimate of drug-likeness (QED) is 0.477. The number of rotatable bonds is 3. The number of hydrogen-bond acceptors (Lipinski definition) is 7. The summed E-state index contributed by atoms with van der Waals surface area (Å²) in [5.74, 6) is -0.821. The van der Waals surface area contributed by atoms with Gasteiger partial charge in [0.15, 0.2) is 14.9 Å². The van der Waals surface area contributed by atoms with Gasteiger partial charge in [0, 0.05) is 24.9 Å². The van der Waals surface area contributed by atoms with Crippen molar-refractivity contribution >= 4 is 53.4 Å². The van der Waals surface area contributed by atoms with E-state index in [0.29, 0.717) is 0 Å². The summed E-state index contributed by atoms with van der Waals surface area (Å²) in [7, 11) is -6.80. The van der Waals surface area contributed by atoms with Gasteiger partial charge < -0.3 is 10.1 Å². The molecule has 0 saturated carbocycles. The van der Waals surface area contributed by atoms with Crippen LogP contribution in [-0.4, -0.2) is 62.5 Å². The van der Waals surface area contributed by atoms with Gasteiger partial charge in [0.1, 0.15) is 11.5 Å². The van der Waals surface area contributed by atoms with Gasteiger partial charge in [0.05, 0.1) is 16.6 Å². The summed E-state index contributed by atoms with van der Waals surface area (Å²) in [6.07, 6.45) is 0.252. The number of benzene rings is 1. The minimum atomic E-state index is -4.02. The number of nitrogens with one attached hydrogen (secondary N) is 1. The smallest absolute Gasteiger partial charge is 0.411 e. The van der Waals surface area contributed by atoms with Crippen LogP contribution >= 0.6 is 0 Å². The second-order valence-electron chi connectivity index (χ2n) is 5.89. The van der Waals surface area contributed by atoms with Crippen LogP contribution in [0.5, 0.6) is 0 Å². The number of aromatic amines is 1. The van der Waals surface area contributed by atoms with E-state index in [1.807, 2.05) is 0 Å². The van der Waals surface area contributed by atoms with Crippen LogP contribution in [0, 0.1) is 5.82 Å². The first-order valence-corrected chi connectivity index (χ1v) is 11.0. The molecule has 0 atom stereocenters. The molecule has 3 rings (SSSR count). The van der Waals surface area contributed by atoms with E-state index in [0.717, 1.165) is 29.5 Å². The third-order valence-electron chi connectivity index (χ3n) is 3.78. The summed E-state index contributed by atoms with van der Waals surface area (Å²) in [4.78, 5) is 22.2. The van der Waals surface area contributed by atoms with Crippen LogP contribution in [0.3, 0.4) is 0 Å². The van der Waals surface area contributed by atoms with Crippen LogP contribution in [0.2, 0.25) is 0 Å². The molecule has 144 valence electrons. The van der Waals surface area contributed by atoms with Crippen molar-refractivity contribution in [1.82, 2.24) is 15.0 Å². The Bertz CT molecular complexity index is 1330. The fourth-order valence-corrected chi connectivity index (χ4v) is 4.00. The predicted octanol–water partition coefficient (Wildman–Crippen LogP) is 1.17. The van der Waals surface area contributed by atoms with E-state index in [1.54, 1.807) is 0 Å². The number of halogens is 1. The lowest BCUT2D eigenvalue weighted by molar-refractivity contribution is 0.203. The third kappa shape index (κ3) is 3.19. The van der Waals surface area contributed by atoms with Crippen molar-refractivity contribution in [3.8, 4) is 0 Å². The number of amides is 1. The molecule has 10 nitrogen and oxygen atoms in total. The molecule has 13 heteroatoms. The maximum absolute atomic E-state index is 14.1. The molecule has 0 bridgehead atoms. The Kier molecular flexibility index (Phi) is 4.11. The largest absolute Gasteiger partial charge is 0.465 e. The van der Waals surface area contributed by atoms with Crippen molar-refractivity contribution in [1.29, 1.82) is 0 Å². The molecule has 0 fully saturated rings.